The molecule has 0 radical (unpaired) electrons. The smallest absolute Gasteiger partial charge is 0.416 e. The average molecular weight is 513 g/mol. The van der Waals surface area contributed by atoms with Gasteiger partial charge in [-0.25, -0.2) is 9.79 Å². The molecule has 11 heteroatoms. The van der Waals surface area contributed by atoms with Crippen LogP contribution >= 0.6 is 11.6 Å². The molecule has 1 saturated carbocycles. The van der Waals surface area contributed by atoms with E-state index >= 15 is 0 Å². The monoisotopic (exact) mass is 512 g/mol. The third kappa shape index (κ3) is 10.3. The van der Waals surface area contributed by atoms with Crippen LogP contribution < -0.4 is 16.4 Å². The highest BCUT2D eigenvalue weighted by atomic mass is 35.5. The van der Waals surface area contributed by atoms with E-state index in [1.165, 1.54) is 19.3 Å². The van der Waals surface area contributed by atoms with Gasteiger partial charge < -0.3 is 15.8 Å². The average Bonchev–Trinajstić information content (AvgIpc) is 2.80. The highest BCUT2D eigenvalue weighted by Crippen LogP contribution is 2.29. The number of alkyl halides is 3. The van der Waals surface area contributed by atoms with E-state index in [1.807, 2.05) is 6.92 Å². The normalized spacial score (nSPS) is 14.4. The number of guanidine groups is 1. The van der Waals surface area contributed by atoms with E-state index in [0.717, 1.165) is 37.1 Å². The number of nitrogens with two attached hydrogens (primary N) is 1. The van der Waals surface area contributed by atoms with Crippen molar-refractivity contribution >= 4 is 35.2 Å². The standard InChI is InChI=1S/C15H11ClF3N3O.C9H17NO2/c16-11-2-1-3-12(8-11)21-14(20)22-13(23)9-4-6-10(7-5-9)15(17,18)19;1-2-12-9(11)10-8-6-4-3-5-7-8/h1-8H,(H3,20,21,22,23);8H,2-7H2,1H3,(H,10,11). The maximum atomic E-state index is 12.5. The number of hydrogen-bond acceptors (Lipinski definition) is 4. The van der Waals surface area contributed by atoms with E-state index in [1.54, 1.807) is 24.3 Å². The maximum Gasteiger partial charge on any atom is 0.416 e. The molecular weight excluding hydrogens is 485 g/mol. The number of nitrogens with one attached hydrogen (secondary N) is 2. The lowest BCUT2D eigenvalue weighted by molar-refractivity contribution is -0.137. The number of alkyl carbamates (subject to hydrolysis) is 1. The summed E-state index contributed by atoms with van der Waals surface area (Å²) < 4.78 is 42.2. The van der Waals surface area contributed by atoms with Crippen LogP contribution in [-0.2, 0) is 10.9 Å². The van der Waals surface area contributed by atoms with E-state index in [0.29, 0.717) is 23.4 Å². The van der Waals surface area contributed by atoms with Gasteiger partial charge in [0.2, 0.25) is 5.96 Å². The lowest BCUT2D eigenvalue weighted by Crippen LogP contribution is -2.36. The zero-order valence-electron chi connectivity index (χ0n) is 19.2. The number of halogens is 4. The fraction of sp³-hybridized carbons (Fsp3) is 0.375. The SMILES string of the molecule is CCOC(=O)NC1CCCCC1.NC(=Nc1cccc(Cl)c1)NC(=O)c1ccc(C(F)(F)F)cc1. The molecule has 0 unspecified atom stereocenters. The van der Waals surface area contributed by atoms with Crippen molar-refractivity contribution in [3.8, 4) is 0 Å². The summed E-state index contributed by atoms with van der Waals surface area (Å²) in [5.41, 5.74) is 5.21. The van der Waals surface area contributed by atoms with Crippen LogP contribution in [0.2, 0.25) is 5.02 Å². The summed E-state index contributed by atoms with van der Waals surface area (Å²) in [7, 11) is 0. The van der Waals surface area contributed by atoms with Crippen molar-refractivity contribution in [3.63, 3.8) is 0 Å². The summed E-state index contributed by atoms with van der Waals surface area (Å²) in [6.07, 6.45) is 1.28. The zero-order valence-corrected chi connectivity index (χ0v) is 20.0. The van der Waals surface area contributed by atoms with Crippen molar-refractivity contribution in [1.82, 2.24) is 10.6 Å². The molecule has 0 saturated heterocycles. The maximum absolute atomic E-state index is 12.5. The Morgan fingerprint density at radius 2 is 1.77 bits per heavy atom. The van der Waals surface area contributed by atoms with E-state index in [2.05, 4.69) is 15.6 Å². The van der Waals surface area contributed by atoms with Gasteiger partial charge in [0, 0.05) is 16.6 Å². The van der Waals surface area contributed by atoms with Crippen molar-refractivity contribution in [1.29, 1.82) is 0 Å². The number of amides is 2. The molecule has 0 aromatic heterocycles. The molecule has 2 amide bonds. The van der Waals surface area contributed by atoms with E-state index < -0.39 is 17.6 Å². The first-order valence-corrected chi connectivity index (χ1v) is 11.5. The van der Waals surface area contributed by atoms with Gasteiger partial charge in [0.1, 0.15) is 0 Å². The Bertz CT molecular complexity index is 1010. The molecule has 1 aliphatic rings. The number of carbonyl (C=O) groups is 2. The molecule has 0 heterocycles. The molecule has 0 aliphatic heterocycles. The summed E-state index contributed by atoms with van der Waals surface area (Å²) in [5.74, 6) is -0.862. The number of hydrogen-bond donors (Lipinski definition) is 3. The lowest BCUT2D eigenvalue weighted by Gasteiger charge is -2.22. The molecule has 1 fully saturated rings. The summed E-state index contributed by atoms with van der Waals surface area (Å²) >= 11 is 5.79. The van der Waals surface area contributed by atoms with Crippen LogP contribution in [0.25, 0.3) is 0 Å². The largest absolute Gasteiger partial charge is 0.450 e. The summed E-state index contributed by atoms with van der Waals surface area (Å²) in [4.78, 5) is 26.8. The second kappa shape index (κ2) is 13.6. The predicted octanol–water partition coefficient (Wildman–Crippen LogP) is 5.80. The van der Waals surface area contributed by atoms with Crippen LogP contribution in [0, 0.1) is 0 Å². The molecule has 2 aromatic carbocycles. The van der Waals surface area contributed by atoms with Gasteiger partial charge >= 0.3 is 12.3 Å². The summed E-state index contributed by atoms with van der Waals surface area (Å²) in [5, 5.41) is 5.60. The molecular formula is C24H28ClF3N4O3. The summed E-state index contributed by atoms with van der Waals surface area (Å²) in [6.45, 7) is 2.28. The van der Waals surface area contributed by atoms with Gasteiger partial charge in [-0.05, 0) is 62.2 Å². The Morgan fingerprint density at radius 1 is 1.11 bits per heavy atom. The molecule has 4 N–H and O–H groups in total. The Labute approximate surface area is 206 Å². The van der Waals surface area contributed by atoms with Gasteiger partial charge in [-0.3, -0.25) is 10.1 Å². The van der Waals surface area contributed by atoms with Gasteiger partial charge in [-0.15, -0.1) is 0 Å². The summed E-state index contributed by atoms with van der Waals surface area (Å²) in [6, 6.07) is 10.6. The quantitative estimate of drug-likeness (QED) is 0.355. The molecule has 2 aromatic rings. The molecule has 0 atom stereocenters. The van der Waals surface area contributed by atoms with Crippen LogP contribution in [0.5, 0.6) is 0 Å². The first-order valence-electron chi connectivity index (χ1n) is 11.1. The first-order chi connectivity index (χ1) is 16.6. The molecule has 190 valence electrons. The minimum absolute atomic E-state index is 0.0299. The van der Waals surface area contributed by atoms with E-state index in [9.17, 15) is 22.8 Å². The Hall–Kier alpha value is -3.27. The highest BCUT2D eigenvalue weighted by Gasteiger charge is 2.30. The Kier molecular flexibility index (Phi) is 10.8. The fourth-order valence-electron chi connectivity index (χ4n) is 3.30. The third-order valence-corrected chi connectivity index (χ3v) is 5.21. The predicted molar refractivity (Wildman–Crippen MR) is 129 cm³/mol. The van der Waals surface area contributed by atoms with Crippen molar-refractivity contribution in [2.24, 2.45) is 10.7 Å². The van der Waals surface area contributed by atoms with Gasteiger partial charge in [-0.2, -0.15) is 13.2 Å². The van der Waals surface area contributed by atoms with Crippen molar-refractivity contribution < 1.29 is 27.5 Å². The van der Waals surface area contributed by atoms with Crippen LogP contribution in [0.15, 0.2) is 53.5 Å². The molecule has 0 spiro atoms. The number of aliphatic imine (C=N–C) groups is 1. The van der Waals surface area contributed by atoms with Gasteiger partial charge in [0.15, 0.2) is 0 Å². The van der Waals surface area contributed by atoms with Crippen LogP contribution in [0.3, 0.4) is 0 Å². The third-order valence-electron chi connectivity index (χ3n) is 4.98. The Morgan fingerprint density at radius 3 is 2.34 bits per heavy atom. The number of nitrogens with zero attached hydrogens (tertiary/aromatic N) is 1. The lowest BCUT2D eigenvalue weighted by atomic mass is 9.96. The van der Waals surface area contributed by atoms with Gasteiger partial charge in [0.05, 0.1) is 17.9 Å². The number of carbonyl (C=O) groups excluding carboxylic acids is 2. The first kappa shape index (κ1) is 28.0. The molecule has 35 heavy (non-hydrogen) atoms. The molecule has 1 aliphatic carbocycles. The molecule has 7 nitrogen and oxygen atoms in total. The van der Waals surface area contributed by atoms with Crippen molar-refractivity contribution in [3.05, 3.63) is 64.7 Å². The minimum Gasteiger partial charge on any atom is -0.450 e. The number of ether oxygens (including phenoxy) is 1. The molecule has 3 rings (SSSR count). The van der Waals surface area contributed by atoms with Gasteiger partial charge in [-0.1, -0.05) is 36.9 Å². The number of rotatable bonds is 4. The zero-order chi connectivity index (χ0) is 25.8. The second-order valence-electron chi connectivity index (χ2n) is 7.71. The molecule has 0 bridgehead atoms. The van der Waals surface area contributed by atoms with Crippen molar-refractivity contribution in [2.75, 3.05) is 6.61 Å². The second-order valence-corrected chi connectivity index (χ2v) is 8.14. The van der Waals surface area contributed by atoms with Crippen LogP contribution in [0.1, 0.15) is 54.9 Å². The minimum atomic E-state index is -4.46. The van der Waals surface area contributed by atoms with Gasteiger partial charge in [0.25, 0.3) is 5.91 Å². The van der Waals surface area contributed by atoms with Crippen LogP contribution in [0.4, 0.5) is 23.7 Å². The fourth-order valence-corrected chi connectivity index (χ4v) is 3.48. The van der Waals surface area contributed by atoms with Crippen LogP contribution in [-0.4, -0.2) is 30.6 Å². The highest BCUT2D eigenvalue weighted by molar-refractivity contribution is 6.30. The van der Waals surface area contributed by atoms with Crippen molar-refractivity contribution in [2.45, 2.75) is 51.2 Å². The topological polar surface area (TPSA) is 106 Å². The number of benzene rings is 2. The Balaban J connectivity index is 0.000000303. The van der Waals surface area contributed by atoms with E-state index in [-0.39, 0.29) is 17.6 Å². The van der Waals surface area contributed by atoms with E-state index in [4.69, 9.17) is 22.1 Å².